The van der Waals surface area contributed by atoms with E-state index in [1.54, 1.807) is 4.90 Å². The Morgan fingerprint density at radius 1 is 1.36 bits per heavy atom. The first-order valence-corrected chi connectivity index (χ1v) is 4.99. The molecule has 0 bridgehead atoms. The molecule has 0 aliphatic rings. The van der Waals surface area contributed by atoms with Gasteiger partial charge in [0, 0.05) is 18.7 Å². The molecule has 0 aliphatic heterocycles. The van der Waals surface area contributed by atoms with Crippen LogP contribution in [0.4, 0.5) is 0 Å². The molecule has 76 valence electrons. The summed E-state index contributed by atoms with van der Waals surface area (Å²) >= 11 is 0. The van der Waals surface area contributed by atoms with Gasteiger partial charge in [0.2, 0.25) is 0 Å². The molecule has 1 unspecified atom stereocenters. The third kappa shape index (κ3) is 2.34. The molecule has 0 heterocycles. The predicted octanol–water partition coefficient (Wildman–Crippen LogP) is 2.56. The fourth-order valence-electron chi connectivity index (χ4n) is 1.26. The summed E-state index contributed by atoms with van der Waals surface area (Å²) < 4.78 is 0. The lowest BCUT2D eigenvalue weighted by Gasteiger charge is -2.23. The zero-order chi connectivity index (χ0) is 10.6. The molecule has 0 fully saturated rings. The van der Waals surface area contributed by atoms with Gasteiger partial charge < -0.3 is 4.90 Å². The fraction of sp³-hybridized carbons (Fsp3) is 0.417. The Balaban J connectivity index is 2.76. The van der Waals surface area contributed by atoms with Gasteiger partial charge in [0.15, 0.2) is 0 Å². The van der Waals surface area contributed by atoms with E-state index in [4.69, 9.17) is 0 Å². The van der Waals surface area contributed by atoms with Crippen LogP contribution in [0, 0.1) is 0 Å². The first-order valence-electron chi connectivity index (χ1n) is 4.99. The van der Waals surface area contributed by atoms with Crippen molar-refractivity contribution in [1.29, 1.82) is 0 Å². The molecule has 1 aromatic rings. The summed E-state index contributed by atoms with van der Waals surface area (Å²) in [5, 5.41) is 0. The zero-order valence-corrected chi connectivity index (χ0v) is 9.03. The van der Waals surface area contributed by atoms with Crippen LogP contribution in [-0.2, 0) is 0 Å². The number of hydrogen-bond donors (Lipinski definition) is 0. The second-order valence-corrected chi connectivity index (χ2v) is 3.54. The van der Waals surface area contributed by atoms with Crippen LogP contribution in [0.3, 0.4) is 0 Å². The van der Waals surface area contributed by atoms with Crippen molar-refractivity contribution in [2.45, 2.75) is 26.3 Å². The lowest BCUT2D eigenvalue weighted by Crippen LogP contribution is -2.34. The van der Waals surface area contributed by atoms with Gasteiger partial charge >= 0.3 is 0 Å². The minimum Gasteiger partial charge on any atom is -0.339 e. The topological polar surface area (TPSA) is 20.3 Å². The molecule has 0 saturated carbocycles. The quantitative estimate of drug-likeness (QED) is 0.719. The Labute approximate surface area is 85.5 Å². The molecule has 0 spiro atoms. The van der Waals surface area contributed by atoms with Crippen LogP contribution in [-0.4, -0.2) is 23.9 Å². The van der Waals surface area contributed by atoms with E-state index in [1.807, 2.05) is 37.4 Å². The monoisotopic (exact) mass is 191 g/mol. The van der Waals surface area contributed by atoms with Gasteiger partial charge in [0.05, 0.1) is 0 Å². The second kappa shape index (κ2) is 4.80. The molecule has 0 radical (unpaired) electrons. The summed E-state index contributed by atoms with van der Waals surface area (Å²) in [4.78, 5) is 13.7. The third-order valence-corrected chi connectivity index (χ3v) is 2.59. The van der Waals surface area contributed by atoms with Crippen LogP contribution in [0.15, 0.2) is 30.3 Å². The minimum absolute atomic E-state index is 0.0972. The smallest absolute Gasteiger partial charge is 0.253 e. The number of benzene rings is 1. The maximum atomic E-state index is 11.9. The van der Waals surface area contributed by atoms with Gasteiger partial charge in [0.25, 0.3) is 5.91 Å². The highest BCUT2D eigenvalue weighted by atomic mass is 16.2. The van der Waals surface area contributed by atoms with E-state index >= 15 is 0 Å². The van der Waals surface area contributed by atoms with Crippen LogP contribution in [0.25, 0.3) is 0 Å². The molecule has 1 aromatic carbocycles. The number of rotatable bonds is 3. The molecular formula is C12H17NO. The van der Waals surface area contributed by atoms with E-state index < -0.39 is 0 Å². The molecule has 0 saturated heterocycles. The average Bonchev–Trinajstić information content (AvgIpc) is 2.27. The Morgan fingerprint density at radius 2 is 1.93 bits per heavy atom. The van der Waals surface area contributed by atoms with Crippen molar-refractivity contribution in [2.75, 3.05) is 7.05 Å². The molecule has 14 heavy (non-hydrogen) atoms. The number of carbonyl (C=O) groups excluding carboxylic acids is 1. The molecule has 1 rings (SSSR count). The van der Waals surface area contributed by atoms with E-state index in [2.05, 4.69) is 13.8 Å². The van der Waals surface area contributed by atoms with E-state index in [0.717, 1.165) is 12.0 Å². The summed E-state index contributed by atoms with van der Waals surface area (Å²) in [5.41, 5.74) is 0.760. The van der Waals surface area contributed by atoms with E-state index in [9.17, 15) is 4.79 Å². The summed E-state index contributed by atoms with van der Waals surface area (Å²) in [6.45, 7) is 4.14. The third-order valence-electron chi connectivity index (χ3n) is 2.59. The Morgan fingerprint density at radius 3 is 2.43 bits per heavy atom. The maximum Gasteiger partial charge on any atom is 0.253 e. The van der Waals surface area contributed by atoms with Gasteiger partial charge in [0.1, 0.15) is 0 Å². The van der Waals surface area contributed by atoms with Crippen LogP contribution in [0.2, 0.25) is 0 Å². The Bertz CT molecular complexity index is 294. The number of amides is 1. The molecule has 1 atom stereocenters. The lowest BCUT2D eigenvalue weighted by molar-refractivity contribution is 0.0740. The predicted molar refractivity (Wildman–Crippen MR) is 58.3 cm³/mol. The molecule has 2 nitrogen and oxygen atoms in total. The van der Waals surface area contributed by atoms with Gasteiger partial charge in [-0.25, -0.2) is 0 Å². The standard InChI is InChI=1S/C12H17NO/c1-4-10(2)13(3)12(14)11-8-6-5-7-9-11/h5-10H,4H2,1-3H3. The molecular weight excluding hydrogens is 174 g/mol. The van der Waals surface area contributed by atoms with Crippen molar-refractivity contribution in [3.8, 4) is 0 Å². The van der Waals surface area contributed by atoms with Gasteiger partial charge in [-0.15, -0.1) is 0 Å². The molecule has 2 heteroatoms. The molecule has 1 amide bonds. The number of nitrogens with zero attached hydrogens (tertiary/aromatic N) is 1. The maximum absolute atomic E-state index is 11.9. The van der Waals surface area contributed by atoms with Crippen molar-refractivity contribution >= 4 is 5.91 Å². The van der Waals surface area contributed by atoms with Crippen LogP contribution < -0.4 is 0 Å². The lowest BCUT2D eigenvalue weighted by atomic mass is 10.1. The van der Waals surface area contributed by atoms with Crippen molar-refractivity contribution in [1.82, 2.24) is 4.90 Å². The highest BCUT2D eigenvalue weighted by Gasteiger charge is 2.14. The second-order valence-electron chi connectivity index (χ2n) is 3.54. The Kier molecular flexibility index (Phi) is 3.69. The van der Waals surface area contributed by atoms with Crippen LogP contribution in [0.1, 0.15) is 30.6 Å². The first-order chi connectivity index (χ1) is 6.66. The SMILES string of the molecule is CCC(C)N(C)C(=O)c1ccccc1. The average molecular weight is 191 g/mol. The van der Waals surface area contributed by atoms with Crippen molar-refractivity contribution < 1.29 is 4.79 Å². The summed E-state index contributed by atoms with van der Waals surface area (Å²) in [7, 11) is 1.85. The Hall–Kier alpha value is -1.31. The summed E-state index contributed by atoms with van der Waals surface area (Å²) in [5.74, 6) is 0.0972. The number of hydrogen-bond acceptors (Lipinski definition) is 1. The van der Waals surface area contributed by atoms with Gasteiger partial charge in [-0.2, -0.15) is 0 Å². The first kappa shape index (κ1) is 10.8. The highest BCUT2D eigenvalue weighted by molar-refractivity contribution is 5.94. The van der Waals surface area contributed by atoms with E-state index in [1.165, 1.54) is 0 Å². The fourth-order valence-corrected chi connectivity index (χ4v) is 1.26. The molecule has 0 aliphatic carbocycles. The van der Waals surface area contributed by atoms with Gasteiger partial charge in [-0.3, -0.25) is 4.79 Å². The normalized spacial score (nSPS) is 12.2. The summed E-state index contributed by atoms with van der Waals surface area (Å²) in [6, 6.07) is 9.68. The van der Waals surface area contributed by atoms with E-state index in [0.29, 0.717) is 6.04 Å². The van der Waals surface area contributed by atoms with Crippen molar-refractivity contribution in [3.63, 3.8) is 0 Å². The zero-order valence-electron chi connectivity index (χ0n) is 9.03. The largest absolute Gasteiger partial charge is 0.339 e. The number of carbonyl (C=O) groups is 1. The van der Waals surface area contributed by atoms with Gasteiger partial charge in [-0.1, -0.05) is 25.1 Å². The molecule has 0 aromatic heterocycles. The van der Waals surface area contributed by atoms with Gasteiger partial charge in [-0.05, 0) is 25.5 Å². The highest BCUT2D eigenvalue weighted by Crippen LogP contribution is 2.07. The summed E-state index contributed by atoms with van der Waals surface area (Å²) in [6.07, 6.45) is 0.981. The minimum atomic E-state index is 0.0972. The van der Waals surface area contributed by atoms with Crippen molar-refractivity contribution in [3.05, 3.63) is 35.9 Å². The molecule has 0 N–H and O–H groups in total. The van der Waals surface area contributed by atoms with Crippen LogP contribution >= 0.6 is 0 Å². The van der Waals surface area contributed by atoms with Crippen molar-refractivity contribution in [2.24, 2.45) is 0 Å². The van der Waals surface area contributed by atoms with Crippen LogP contribution in [0.5, 0.6) is 0 Å². The van der Waals surface area contributed by atoms with E-state index in [-0.39, 0.29) is 5.91 Å².